The fourth-order valence-electron chi connectivity index (χ4n) is 3.05. The van der Waals surface area contributed by atoms with Gasteiger partial charge in [-0.1, -0.05) is 12.1 Å². The van der Waals surface area contributed by atoms with Crippen molar-refractivity contribution in [1.29, 1.82) is 0 Å². The zero-order chi connectivity index (χ0) is 17.9. The van der Waals surface area contributed by atoms with Crippen molar-refractivity contribution < 1.29 is 14.6 Å². The van der Waals surface area contributed by atoms with Crippen LogP contribution in [0.5, 0.6) is 5.75 Å². The molecule has 2 heterocycles. The Labute approximate surface area is 151 Å². The third-order valence-corrected chi connectivity index (χ3v) is 5.37. The molecule has 2 aromatic rings. The van der Waals surface area contributed by atoms with Crippen LogP contribution in [0.2, 0.25) is 0 Å². The number of thiazole rings is 1. The Hall–Kier alpha value is -1.96. The van der Waals surface area contributed by atoms with Gasteiger partial charge in [0.2, 0.25) is 5.91 Å². The minimum Gasteiger partial charge on any atom is -0.497 e. The summed E-state index contributed by atoms with van der Waals surface area (Å²) < 4.78 is 5.16. The summed E-state index contributed by atoms with van der Waals surface area (Å²) in [5, 5.41) is 14.4. The maximum absolute atomic E-state index is 12.1. The molecule has 1 aromatic heterocycles. The molecule has 25 heavy (non-hydrogen) atoms. The Morgan fingerprint density at radius 1 is 1.36 bits per heavy atom. The molecule has 0 atom stereocenters. The zero-order valence-electron chi connectivity index (χ0n) is 14.5. The van der Waals surface area contributed by atoms with Gasteiger partial charge in [-0.05, 0) is 37.5 Å². The first-order valence-electron chi connectivity index (χ1n) is 8.30. The van der Waals surface area contributed by atoms with Crippen molar-refractivity contribution in [2.75, 3.05) is 32.1 Å². The number of aliphatic hydroxyl groups is 1. The third kappa shape index (κ3) is 4.36. The lowest BCUT2D eigenvalue weighted by Gasteiger charge is -2.38. The van der Waals surface area contributed by atoms with E-state index in [1.807, 2.05) is 31.2 Å². The number of piperidine rings is 1. The van der Waals surface area contributed by atoms with Crippen LogP contribution in [0.25, 0.3) is 0 Å². The minimum atomic E-state index is -0.842. The molecule has 3 rings (SSSR count). The van der Waals surface area contributed by atoms with Gasteiger partial charge in [0, 0.05) is 24.2 Å². The Bertz CT molecular complexity index is 721. The number of likely N-dealkylation sites (tertiary alicyclic amines) is 1. The summed E-state index contributed by atoms with van der Waals surface area (Å²) in [4.78, 5) is 19.4. The normalized spacial score (nSPS) is 17.2. The molecule has 0 bridgehead atoms. The molecule has 0 aliphatic carbocycles. The average molecular weight is 361 g/mol. The van der Waals surface area contributed by atoms with Crippen LogP contribution in [0.15, 0.2) is 30.5 Å². The Morgan fingerprint density at radius 3 is 2.60 bits per heavy atom. The molecule has 1 fully saturated rings. The third-order valence-electron chi connectivity index (χ3n) is 4.55. The predicted octanol–water partition coefficient (Wildman–Crippen LogP) is 2.38. The fraction of sp³-hybridized carbons (Fsp3) is 0.444. The van der Waals surface area contributed by atoms with Crippen molar-refractivity contribution in [1.82, 2.24) is 9.88 Å². The number of aryl methyl sites for hydroxylation is 1. The highest BCUT2D eigenvalue weighted by atomic mass is 32.1. The smallest absolute Gasteiger partial charge is 0.240 e. The number of aromatic nitrogens is 1. The number of nitrogens with one attached hydrogen (secondary N) is 1. The van der Waals surface area contributed by atoms with Crippen LogP contribution in [0.3, 0.4) is 0 Å². The van der Waals surface area contributed by atoms with Crippen LogP contribution in [0, 0.1) is 6.92 Å². The van der Waals surface area contributed by atoms with Gasteiger partial charge >= 0.3 is 0 Å². The second-order valence-electron chi connectivity index (χ2n) is 6.36. The molecular weight excluding hydrogens is 338 g/mol. The van der Waals surface area contributed by atoms with Gasteiger partial charge in [0.25, 0.3) is 0 Å². The number of hydrogen-bond acceptors (Lipinski definition) is 6. The SMILES string of the molecule is COc1ccc(C2(O)CCN(CC(=O)Nc3ncc(C)s3)CC2)cc1. The molecule has 1 amide bonds. The highest BCUT2D eigenvalue weighted by Gasteiger charge is 2.34. The van der Waals surface area contributed by atoms with E-state index in [0.717, 1.165) is 16.2 Å². The highest BCUT2D eigenvalue weighted by Crippen LogP contribution is 2.33. The van der Waals surface area contributed by atoms with Crippen LogP contribution in [-0.2, 0) is 10.4 Å². The van der Waals surface area contributed by atoms with E-state index >= 15 is 0 Å². The van der Waals surface area contributed by atoms with Crippen molar-refractivity contribution in [2.45, 2.75) is 25.4 Å². The van der Waals surface area contributed by atoms with E-state index in [2.05, 4.69) is 15.2 Å². The molecule has 0 unspecified atom stereocenters. The number of carbonyl (C=O) groups excluding carboxylic acids is 1. The first kappa shape index (κ1) is 17.8. The highest BCUT2D eigenvalue weighted by molar-refractivity contribution is 7.15. The molecule has 134 valence electrons. The molecule has 0 spiro atoms. The first-order chi connectivity index (χ1) is 12.0. The molecule has 7 heteroatoms. The van der Waals surface area contributed by atoms with Gasteiger partial charge in [-0.25, -0.2) is 4.98 Å². The van der Waals surface area contributed by atoms with Crippen LogP contribution in [0.4, 0.5) is 5.13 Å². The second-order valence-corrected chi connectivity index (χ2v) is 7.60. The van der Waals surface area contributed by atoms with E-state index in [9.17, 15) is 9.90 Å². The molecule has 6 nitrogen and oxygen atoms in total. The predicted molar refractivity (Wildman–Crippen MR) is 98.0 cm³/mol. The van der Waals surface area contributed by atoms with Gasteiger partial charge in [0.15, 0.2) is 5.13 Å². The maximum atomic E-state index is 12.1. The van der Waals surface area contributed by atoms with Crippen molar-refractivity contribution >= 4 is 22.4 Å². The summed E-state index contributed by atoms with van der Waals surface area (Å²) in [6.07, 6.45) is 2.95. The molecule has 0 radical (unpaired) electrons. The molecule has 0 saturated carbocycles. The van der Waals surface area contributed by atoms with Gasteiger partial charge in [-0.2, -0.15) is 0 Å². The number of amides is 1. The Morgan fingerprint density at radius 2 is 2.04 bits per heavy atom. The van der Waals surface area contributed by atoms with Gasteiger partial charge in [-0.3, -0.25) is 9.69 Å². The lowest BCUT2D eigenvalue weighted by molar-refractivity contribution is -0.118. The Balaban J connectivity index is 1.52. The van der Waals surface area contributed by atoms with Crippen LogP contribution in [-0.4, -0.2) is 47.6 Å². The number of hydrogen-bond donors (Lipinski definition) is 2. The number of carbonyl (C=O) groups is 1. The van der Waals surface area contributed by atoms with Crippen molar-refractivity contribution in [3.63, 3.8) is 0 Å². The van der Waals surface area contributed by atoms with Crippen LogP contribution in [0.1, 0.15) is 23.3 Å². The standard InChI is InChI=1S/C18H23N3O3S/c1-13-11-19-17(25-13)20-16(22)12-21-9-7-18(23,8-10-21)14-3-5-15(24-2)6-4-14/h3-6,11,23H,7-10,12H2,1-2H3,(H,19,20,22). The summed E-state index contributed by atoms with van der Waals surface area (Å²) in [5.74, 6) is 0.711. The maximum Gasteiger partial charge on any atom is 0.240 e. The average Bonchev–Trinajstić information content (AvgIpc) is 3.02. The molecule has 1 aliphatic rings. The van der Waals surface area contributed by atoms with Gasteiger partial charge in [-0.15, -0.1) is 11.3 Å². The summed E-state index contributed by atoms with van der Waals surface area (Å²) in [6, 6.07) is 7.55. The number of nitrogens with zero attached hydrogens (tertiary/aromatic N) is 2. The number of ether oxygens (including phenoxy) is 1. The van der Waals surface area contributed by atoms with Gasteiger partial charge < -0.3 is 15.2 Å². The minimum absolute atomic E-state index is 0.0655. The lowest BCUT2D eigenvalue weighted by atomic mass is 9.84. The summed E-state index contributed by atoms with van der Waals surface area (Å²) in [7, 11) is 1.63. The van der Waals surface area contributed by atoms with E-state index < -0.39 is 5.60 Å². The van der Waals surface area contributed by atoms with E-state index in [1.54, 1.807) is 13.3 Å². The van der Waals surface area contributed by atoms with E-state index in [0.29, 0.717) is 37.6 Å². The van der Waals surface area contributed by atoms with Crippen LogP contribution >= 0.6 is 11.3 Å². The van der Waals surface area contributed by atoms with E-state index in [1.165, 1.54) is 11.3 Å². The summed E-state index contributed by atoms with van der Waals surface area (Å²) in [6.45, 7) is 3.62. The number of anilines is 1. The zero-order valence-corrected chi connectivity index (χ0v) is 15.3. The summed E-state index contributed by atoms with van der Waals surface area (Å²) in [5.41, 5.74) is 0.0572. The van der Waals surface area contributed by atoms with Crippen molar-refractivity contribution in [3.05, 3.63) is 40.9 Å². The van der Waals surface area contributed by atoms with Crippen molar-refractivity contribution in [3.8, 4) is 5.75 Å². The number of benzene rings is 1. The Kier molecular flexibility index (Phi) is 5.36. The summed E-state index contributed by atoms with van der Waals surface area (Å²) >= 11 is 1.47. The number of rotatable bonds is 5. The molecule has 1 saturated heterocycles. The van der Waals surface area contributed by atoms with Crippen molar-refractivity contribution in [2.24, 2.45) is 0 Å². The van der Waals surface area contributed by atoms with E-state index in [-0.39, 0.29) is 5.91 Å². The molecule has 1 aromatic carbocycles. The quantitative estimate of drug-likeness (QED) is 0.855. The lowest BCUT2D eigenvalue weighted by Crippen LogP contribution is -2.45. The van der Waals surface area contributed by atoms with Gasteiger partial charge in [0.05, 0.1) is 19.3 Å². The van der Waals surface area contributed by atoms with Gasteiger partial charge in [0.1, 0.15) is 5.75 Å². The largest absolute Gasteiger partial charge is 0.497 e. The second kappa shape index (κ2) is 7.51. The van der Waals surface area contributed by atoms with E-state index in [4.69, 9.17) is 4.74 Å². The molecule has 2 N–H and O–H groups in total. The topological polar surface area (TPSA) is 74.7 Å². The number of methoxy groups -OCH3 is 1. The first-order valence-corrected chi connectivity index (χ1v) is 9.12. The molecular formula is C18H23N3O3S. The van der Waals surface area contributed by atoms with Crippen LogP contribution < -0.4 is 10.1 Å². The monoisotopic (exact) mass is 361 g/mol. The fourth-order valence-corrected chi connectivity index (χ4v) is 3.73. The molecule has 1 aliphatic heterocycles.